The summed E-state index contributed by atoms with van der Waals surface area (Å²) in [5, 5.41) is 0.829. The third-order valence-electron chi connectivity index (χ3n) is 2.66. The SMILES string of the molecule is Cc1ccc(CCC(C)CC=O)cc1Cl. The van der Waals surface area contributed by atoms with Gasteiger partial charge in [-0.1, -0.05) is 30.7 Å². The van der Waals surface area contributed by atoms with Crippen molar-refractivity contribution < 1.29 is 4.79 Å². The zero-order valence-electron chi connectivity index (χ0n) is 9.29. The standard InChI is InChI=1S/C13H17ClO/c1-10(7-8-15)3-5-12-6-4-11(2)13(14)9-12/h4,6,8-10H,3,5,7H2,1-2H3. The van der Waals surface area contributed by atoms with Crippen LogP contribution in [0.1, 0.15) is 30.9 Å². The molecular formula is C13H17ClO. The number of aldehydes is 1. The van der Waals surface area contributed by atoms with Crippen LogP contribution in [0.5, 0.6) is 0 Å². The summed E-state index contributed by atoms with van der Waals surface area (Å²) in [5.41, 5.74) is 2.37. The highest BCUT2D eigenvalue weighted by Gasteiger charge is 2.03. The van der Waals surface area contributed by atoms with E-state index in [-0.39, 0.29) is 0 Å². The maximum Gasteiger partial charge on any atom is 0.120 e. The lowest BCUT2D eigenvalue weighted by molar-refractivity contribution is -0.108. The van der Waals surface area contributed by atoms with Crippen LogP contribution < -0.4 is 0 Å². The van der Waals surface area contributed by atoms with E-state index in [1.807, 2.05) is 19.1 Å². The second-order valence-electron chi connectivity index (χ2n) is 4.13. The minimum absolute atomic E-state index is 0.461. The molecule has 0 saturated carbocycles. The van der Waals surface area contributed by atoms with Gasteiger partial charge in [0, 0.05) is 11.4 Å². The van der Waals surface area contributed by atoms with Crippen molar-refractivity contribution in [1.29, 1.82) is 0 Å². The molecule has 1 nitrogen and oxygen atoms in total. The first-order valence-electron chi connectivity index (χ1n) is 5.32. The number of carbonyl (C=O) groups excluding carboxylic acids is 1. The van der Waals surface area contributed by atoms with Gasteiger partial charge in [-0.2, -0.15) is 0 Å². The molecule has 1 atom stereocenters. The Morgan fingerprint density at radius 2 is 2.20 bits per heavy atom. The molecule has 15 heavy (non-hydrogen) atoms. The van der Waals surface area contributed by atoms with E-state index in [1.165, 1.54) is 5.56 Å². The molecule has 0 aliphatic carbocycles. The average Bonchev–Trinajstić information content (AvgIpc) is 2.20. The van der Waals surface area contributed by atoms with E-state index in [9.17, 15) is 4.79 Å². The largest absolute Gasteiger partial charge is 0.303 e. The summed E-state index contributed by atoms with van der Waals surface area (Å²) >= 11 is 6.03. The topological polar surface area (TPSA) is 17.1 Å². The van der Waals surface area contributed by atoms with Crippen molar-refractivity contribution >= 4 is 17.9 Å². The molecule has 0 aliphatic rings. The van der Waals surface area contributed by atoms with Gasteiger partial charge in [-0.15, -0.1) is 0 Å². The minimum atomic E-state index is 0.461. The monoisotopic (exact) mass is 224 g/mol. The molecule has 0 aliphatic heterocycles. The number of hydrogen-bond acceptors (Lipinski definition) is 1. The highest BCUT2D eigenvalue weighted by atomic mass is 35.5. The lowest BCUT2D eigenvalue weighted by atomic mass is 9.98. The van der Waals surface area contributed by atoms with Crippen molar-refractivity contribution in [3.8, 4) is 0 Å². The normalized spacial score (nSPS) is 12.5. The van der Waals surface area contributed by atoms with Crippen LogP contribution in [0, 0.1) is 12.8 Å². The van der Waals surface area contributed by atoms with E-state index in [1.54, 1.807) is 0 Å². The molecule has 1 rings (SSSR count). The van der Waals surface area contributed by atoms with Gasteiger partial charge < -0.3 is 4.79 Å². The first-order chi connectivity index (χ1) is 7.13. The molecule has 2 heteroatoms. The Morgan fingerprint density at radius 1 is 1.47 bits per heavy atom. The Kier molecular flexibility index (Phi) is 4.83. The predicted molar refractivity (Wildman–Crippen MR) is 64.4 cm³/mol. The fourth-order valence-corrected chi connectivity index (χ4v) is 1.69. The third kappa shape index (κ3) is 4.05. The van der Waals surface area contributed by atoms with Gasteiger partial charge >= 0.3 is 0 Å². The Hall–Kier alpha value is -0.820. The zero-order valence-corrected chi connectivity index (χ0v) is 10.1. The number of aryl methyl sites for hydroxylation is 2. The summed E-state index contributed by atoms with van der Waals surface area (Å²) in [7, 11) is 0. The van der Waals surface area contributed by atoms with Gasteiger partial charge in [-0.05, 0) is 42.9 Å². The number of halogens is 1. The summed E-state index contributed by atoms with van der Waals surface area (Å²) in [6.07, 6.45) is 3.68. The predicted octanol–water partition coefficient (Wildman–Crippen LogP) is 3.81. The van der Waals surface area contributed by atoms with E-state index >= 15 is 0 Å². The van der Waals surface area contributed by atoms with Gasteiger partial charge in [0.15, 0.2) is 0 Å². The number of rotatable bonds is 5. The maximum atomic E-state index is 10.3. The van der Waals surface area contributed by atoms with Gasteiger partial charge in [0.25, 0.3) is 0 Å². The summed E-state index contributed by atoms with van der Waals surface area (Å²) < 4.78 is 0. The molecule has 0 amide bonds. The van der Waals surface area contributed by atoms with E-state index < -0.39 is 0 Å². The van der Waals surface area contributed by atoms with Crippen molar-refractivity contribution in [2.75, 3.05) is 0 Å². The quantitative estimate of drug-likeness (QED) is 0.696. The summed E-state index contributed by atoms with van der Waals surface area (Å²) in [6, 6.07) is 6.17. The molecule has 0 radical (unpaired) electrons. The number of hydrogen-bond donors (Lipinski definition) is 0. The second-order valence-corrected chi connectivity index (χ2v) is 4.54. The molecule has 1 aromatic rings. The molecule has 0 spiro atoms. The van der Waals surface area contributed by atoms with Gasteiger partial charge in [0.05, 0.1) is 0 Å². The first kappa shape index (κ1) is 12.3. The van der Waals surface area contributed by atoms with Crippen molar-refractivity contribution in [3.05, 3.63) is 34.3 Å². The highest BCUT2D eigenvalue weighted by molar-refractivity contribution is 6.31. The van der Waals surface area contributed by atoms with Gasteiger partial charge in [-0.25, -0.2) is 0 Å². The maximum absolute atomic E-state index is 10.3. The first-order valence-corrected chi connectivity index (χ1v) is 5.70. The molecular weight excluding hydrogens is 208 g/mol. The molecule has 1 aromatic carbocycles. The molecule has 0 fully saturated rings. The van der Waals surface area contributed by atoms with Crippen molar-refractivity contribution in [3.63, 3.8) is 0 Å². The Balaban J connectivity index is 2.50. The number of carbonyl (C=O) groups is 1. The van der Waals surface area contributed by atoms with Gasteiger partial charge in [-0.3, -0.25) is 0 Å². The molecule has 0 N–H and O–H groups in total. The Morgan fingerprint density at radius 3 is 2.80 bits per heavy atom. The Bertz CT molecular complexity index is 333. The van der Waals surface area contributed by atoms with Crippen LogP contribution in [0.25, 0.3) is 0 Å². The van der Waals surface area contributed by atoms with Crippen LogP contribution in [0.15, 0.2) is 18.2 Å². The summed E-state index contributed by atoms with van der Waals surface area (Å²) in [5.74, 6) is 0.461. The summed E-state index contributed by atoms with van der Waals surface area (Å²) in [4.78, 5) is 10.3. The van der Waals surface area contributed by atoms with Crippen molar-refractivity contribution in [2.24, 2.45) is 5.92 Å². The molecule has 0 saturated heterocycles. The lowest BCUT2D eigenvalue weighted by Gasteiger charge is -2.08. The molecule has 1 unspecified atom stereocenters. The lowest BCUT2D eigenvalue weighted by Crippen LogP contribution is -1.98. The summed E-state index contributed by atoms with van der Waals surface area (Å²) in [6.45, 7) is 4.10. The molecule has 0 aromatic heterocycles. The van der Waals surface area contributed by atoms with E-state index in [0.29, 0.717) is 12.3 Å². The van der Waals surface area contributed by atoms with E-state index in [4.69, 9.17) is 11.6 Å². The Labute approximate surface area is 96.5 Å². The number of benzene rings is 1. The van der Waals surface area contributed by atoms with E-state index in [2.05, 4.69) is 13.0 Å². The minimum Gasteiger partial charge on any atom is -0.303 e. The van der Waals surface area contributed by atoms with Crippen LogP contribution >= 0.6 is 11.6 Å². The fourth-order valence-electron chi connectivity index (χ4n) is 1.49. The average molecular weight is 225 g/mol. The zero-order chi connectivity index (χ0) is 11.3. The molecule has 0 heterocycles. The second kappa shape index (κ2) is 5.92. The van der Waals surface area contributed by atoms with Gasteiger partial charge in [0.1, 0.15) is 6.29 Å². The molecule has 0 bridgehead atoms. The van der Waals surface area contributed by atoms with Gasteiger partial charge in [0.2, 0.25) is 0 Å². The van der Waals surface area contributed by atoms with Crippen molar-refractivity contribution in [2.45, 2.75) is 33.1 Å². The highest BCUT2D eigenvalue weighted by Crippen LogP contribution is 2.19. The smallest absolute Gasteiger partial charge is 0.120 e. The third-order valence-corrected chi connectivity index (χ3v) is 3.07. The van der Waals surface area contributed by atoms with Crippen molar-refractivity contribution in [1.82, 2.24) is 0 Å². The van der Waals surface area contributed by atoms with Crippen LogP contribution in [0.2, 0.25) is 5.02 Å². The van der Waals surface area contributed by atoms with Crippen LogP contribution in [-0.2, 0) is 11.2 Å². The van der Waals surface area contributed by atoms with Crippen LogP contribution in [0.4, 0.5) is 0 Å². The van der Waals surface area contributed by atoms with Crippen LogP contribution in [-0.4, -0.2) is 6.29 Å². The van der Waals surface area contributed by atoms with E-state index in [0.717, 1.165) is 29.7 Å². The van der Waals surface area contributed by atoms with Crippen LogP contribution in [0.3, 0.4) is 0 Å². The fraction of sp³-hybridized carbons (Fsp3) is 0.462. The molecule has 82 valence electrons.